The van der Waals surface area contributed by atoms with Gasteiger partial charge in [0, 0.05) is 43.5 Å². The molecule has 5 aromatic rings. The van der Waals surface area contributed by atoms with Crippen LogP contribution in [0.5, 0.6) is 11.8 Å². The number of phenolic OH excluding ortho intramolecular Hbond substituents is 1. The summed E-state index contributed by atoms with van der Waals surface area (Å²) in [4.78, 5) is 32.0. The van der Waals surface area contributed by atoms with Crippen molar-refractivity contribution in [1.82, 2.24) is 29.4 Å². The number of benzene rings is 2. The lowest BCUT2D eigenvalue weighted by molar-refractivity contribution is 0.0827. The number of amides is 1. The molecule has 0 spiro atoms. The second-order valence-corrected chi connectivity index (χ2v) is 11.1. The molecule has 0 saturated carbocycles. The minimum absolute atomic E-state index is 0.111. The second-order valence-electron chi connectivity index (χ2n) is 11.1. The monoisotopic (exact) mass is 567 g/mol. The molecule has 10 nitrogen and oxygen atoms in total. The Morgan fingerprint density at radius 1 is 1.10 bits per heavy atom. The van der Waals surface area contributed by atoms with Gasteiger partial charge in [0.2, 0.25) is 0 Å². The quantitative estimate of drug-likeness (QED) is 0.286. The summed E-state index contributed by atoms with van der Waals surface area (Å²) in [5, 5.41) is 14.0. The van der Waals surface area contributed by atoms with Crippen LogP contribution in [0.25, 0.3) is 33.7 Å². The number of imidazole rings is 1. The van der Waals surface area contributed by atoms with Gasteiger partial charge in [-0.05, 0) is 61.7 Å². The Hall–Kier alpha value is -5.06. The average Bonchev–Trinajstić information content (AvgIpc) is 3.50. The van der Waals surface area contributed by atoms with Gasteiger partial charge in [0.15, 0.2) is 22.8 Å². The zero-order valence-corrected chi connectivity index (χ0v) is 23.7. The van der Waals surface area contributed by atoms with Crippen LogP contribution in [0.1, 0.15) is 29.8 Å². The Balaban J connectivity index is 1.30. The summed E-state index contributed by atoms with van der Waals surface area (Å²) in [5.74, 6) is 0.353. The Morgan fingerprint density at radius 2 is 1.93 bits per heavy atom. The molecule has 6 rings (SSSR count). The van der Waals surface area contributed by atoms with E-state index < -0.39 is 5.82 Å². The minimum atomic E-state index is -0.479. The van der Waals surface area contributed by atoms with Crippen molar-refractivity contribution in [2.24, 2.45) is 0 Å². The van der Waals surface area contributed by atoms with Gasteiger partial charge in [-0.3, -0.25) is 14.3 Å². The molecule has 0 bridgehead atoms. The van der Waals surface area contributed by atoms with Crippen molar-refractivity contribution in [1.29, 1.82) is 0 Å². The summed E-state index contributed by atoms with van der Waals surface area (Å²) in [6.07, 6.45) is 3.26. The minimum Gasteiger partial charge on any atom is -0.507 e. The standard InChI is InChI=1S/C31H30FN7O3/c1-31(2)17-42-30-35-25-27(36-26(37-28(25)39(30)31)21-14-22(32)16-33-15-21)34-11-10-18-8-9-24(40)23(12-18)19-6-5-7-20(13-19)29(41)38(3)4/h5-9,12-16,40H,10-11,17H2,1-4H3,(H,34,36,37). The number of nitrogens with zero attached hydrogens (tertiary/aromatic N) is 6. The van der Waals surface area contributed by atoms with E-state index in [0.717, 1.165) is 17.3 Å². The predicted molar refractivity (Wildman–Crippen MR) is 157 cm³/mol. The topological polar surface area (TPSA) is 118 Å². The third-order valence-electron chi connectivity index (χ3n) is 7.19. The van der Waals surface area contributed by atoms with Gasteiger partial charge in [-0.1, -0.05) is 18.2 Å². The van der Waals surface area contributed by atoms with Crippen LogP contribution in [0.3, 0.4) is 0 Å². The maximum atomic E-state index is 14.0. The molecule has 42 heavy (non-hydrogen) atoms. The highest BCUT2D eigenvalue weighted by Gasteiger charge is 2.36. The maximum absolute atomic E-state index is 14.0. The van der Waals surface area contributed by atoms with E-state index in [1.54, 1.807) is 38.4 Å². The van der Waals surface area contributed by atoms with Gasteiger partial charge in [0.05, 0.1) is 11.7 Å². The largest absolute Gasteiger partial charge is 0.507 e. The van der Waals surface area contributed by atoms with Gasteiger partial charge in [0.25, 0.3) is 11.9 Å². The number of pyridine rings is 1. The summed E-state index contributed by atoms with van der Waals surface area (Å²) < 4.78 is 21.8. The first-order chi connectivity index (χ1) is 20.1. The molecule has 214 valence electrons. The summed E-state index contributed by atoms with van der Waals surface area (Å²) in [5.41, 5.74) is 4.11. The molecule has 2 N–H and O–H groups in total. The molecular formula is C31H30FN7O3. The molecule has 0 radical (unpaired) electrons. The highest BCUT2D eigenvalue weighted by Crippen LogP contribution is 2.37. The number of hydrogen-bond acceptors (Lipinski definition) is 8. The Bertz CT molecular complexity index is 1830. The van der Waals surface area contributed by atoms with Crippen molar-refractivity contribution in [2.45, 2.75) is 25.8 Å². The number of rotatable bonds is 7. The Labute approximate surface area is 241 Å². The van der Waals surface area contributed by atoms with Crippen LogP contribution < -0.4 is 10.1 Å². The number of phenols is 1. The number of halogens is 1. The average molecular weight is 568 g/mol. The van der Waals surface area contributed by atoms with Crippen LogP contribution in [0, 0.1) is 5.82 Å². The molecule has 0 unspecified atom stereocenters. The lowest BCUT2D eigenvalue weighted by atomic mass is 9.98. The number of nitrogens with one attached hydrogen (secondary N) is 1. The number of aromatic nitrogens is 5. The van der Waals surface area contributed by atoms with E-state index >= 15 is 0 Å². The van der Waals surface area contributed by atoms with Crippen LogP contribution in [-0.2, 0) is 12.0 Å². The molecule has 4 heterocycles. The van der Waals surface area contributed by atoms with E-state index in [9.17, 15) is 14.3 Å². The van der Waals surface area contributed by atoms with E-state index in [2.05, 4.69) is 20.3 Å². The molecule has 3 aromatic heterocycles. The van der Waals surface area contributed by atoms with E-state index in [1.165, 1.54) is 17.2 Å². The van der Waals surface area contributed by atoms with Gasteiger partial charge in [-0.15, -0.1) is 0 Å². The van der Waals surface area contributed by atoms with Crippen molar-refractivity contribution in [3.05, 3.63) is 77.9 Å². The highest BCUT2D eigenvalue weighted by molar-refractivity contribution is 5.95. The van der Waals surface area contributed by atoms with E-state index in [-0.39, 0.29) is 17.2 Å². The molecule has 0 fully saturated rings. The molecule has 0 aliphatic carbocycles. The number of fused-ring (bicyclic) bond motifs is 3. The molecule has 11 heteroatoms. The number of hydrogen-bond donors (Lipinski definition) is 2. The smallest absolute Gasteiger partial charge is 0.299 e. The molecular weight excluding hydrogens is 537 g/mol. The summed E-state index contributed by atoms with van der Waals surface area (Å²) in [6, 6.07) is 14.4. The molecule has 1 aliphatic heterocycles. The number of aromatic hydroxyl groups is 1. The first-order valence-electron chi connectivity index (χ1n) is 13.5. The van der Waals surface area contributed by atoms with Crippen molar-refractivity contribution >= 4 is 22.9 Å². The normalized spacial score (nSPS) is 13.5. The summed E-state index contributed by atoms with van der Waals surface area (Å²) in [7, 11) is 3.41. The fourth-order valence-corrected chi connectivity index (χ4v) is 5.05. The van der Waals surface area contributed by atoms with Crippen molar-refractivity contribution in [3.8, 4) is 34.3 Å². The molecule has 1 aliphatic rings. The zero-order chi connectivity index (χ0) is 29.6. The third kappa shape index (κ3) is 4.98. The SMILES string of the molecule is CN(C)C(=O)c1cccc(-c2cc(CCNc3nc(-c4cncc(F)c4)nc4c3nc3n4C(C)(C)CO3)ccc2O)c1. The van der Waals surface area contributed by atoms with Gasteiger partial charge in [-0.2, -0.15) is 4.98 Å². The van der Waals surface area contributed by atoms with E-state index in [0.29, 0.717) is 65.1 Å². The lowest BCUT2D eigenvalue weighted by Gasteiger charge is -2.18. The Morgan fingerprint density at radius 3 is 2.71 bits per heavy atom. The van der Waals surface area contributed by atoms with Crippen LogP contribution >= 0.6 is 0 Å². The van der Waals surface area contributed by atoms with Gasteiger partial charge in [0.1, 0.15) is 18.2 Å². The molecule has 0 atom stereocenters. The lowest BCUT2D eigenvalue weighted by Crippen LogP contribution is -2.25. The zero-order valence-electron chi connectivity index (χ0n) is 23.7. The number of ether oxygens (including phenoxy) is 1. The number of anilines is 1. The Kier molecular flexibility index (Phi) is 6.72. The molecule has 1 amide bonds. The first-order valence-corrected chi connectivity index (χ1v) is 13.5. The van der Waals surface area contributed by atoms with Crippen molar-refractivity contribution in [2.75, 3.05) is 32.6 Å². The number of carbonyl (C=O) groups excluding carboxylic acids is 1. The van der Waals surface area contributed by atoms with Crippen LogP contribution in [0.15, 0.2) is 60.9 Å². The predicted octanol–water partition coefficient (Wildman–Crippen LogP) is 4.88. The van der Waals surface area contributed by atoms with Gasteiger partial charge in [-0.25, -0.2) is 14.4 Å². The number of carbonyl (C=O) groups is 1. The van der Waals surface area contributed by atoms with Crippen molar-refractivity contribution in [3.63, 3.8) is 0 Å². The third-order valence-corrected chi connectivity index (χ3v) is 7.19. The first kappa shape index (κ1) is 27.1. The molecule has 2 aromatic carbocycles. The maximum Gasteiger partial charge on any atom is 0.299 e. The summed E-state index contributed by atoms with van der Waals surface area (Å²) in [6.45, 7) is 5.03. The van der Waals surface area contributed by atoms with Gasteiger partial charge >= 0.3 is 0 Å². The van der Waals surface area contributed by atoms with Crippen LogP contribution in [0.2, 0.25) is 0 Å². The summed E-state index contributed by atoms with van der Waals surface area (Å²) >= 11 is 0. The van der Waals surface area contributed by atoms with Crippen LogP contribution in [-0.4, -0.2) is 67.7 Å². The van der Waals surface area contributed by atoms with E-state index in [1.807, 2.05) is 36.6 Å². The molecule has 0 saturated heterocycles. The van der Waals surface area contributed by atoms with Crippen LogP contribution in [0.4, 0.5) is 10.2 Å². The van der Waals surface area contributed by atoms with Gasteiger partial charge < -0.3 is 20.1 Å². The fraction of sp³-hybridized carbons (Fsp3) is 0.258. The second kappa shape index (κ2) is 10.4. The highest BCUT2D eigenvalue weighted by atomic mass is 19.1. The van der Waals surface area contributed by atoms with E-state index in [4.69, 9.17) is 9.72 Å². The van der Waals surface area contributed by atoms with Crippen molar-refractivity contribution < 1.29 is 19.0 Å². The fourth-order valence-electron chi connectivity index (χ4n) is 5.05.